The van der Waals surface area contributed by atoms with E-state index in [0.717, 1.165) is 51.5 Å². The molecule has 0 aromatic carbocycles. The molecule has 4 heterocycles. The number of hydrogen-bond acceptors (Lipinski definition) is 8. The van der Waals surface area contributed by atoms with Crippen LogP contribution in [0.1, 0.15) is 43.9 Å². The molecule has 1 aliphatic carbocycles. The van der Waals surface area contributed by atoms with Gasteiger partial charge in [-0.15, -0.1) is 0 Å². The van der Waals surface area contributed by atoms with E-state index in [9.17, 15) is 0 Å². The molecular formula is C21H22ClN7S. The molecule has 2 aromatic rings. The Morgan fingerprint density at radius 2 is 2.00 bits per heavy atom. The van der Waals surface area contributed by atoms with E-state index >= 15 is 0 Å². The molecule has 9 heteroatoms. The van der Waals surface area contributed by atoms with Crippen molar-refractivity contribution >= 4 is 51.3 Å². The number of hydrogen-bond donors (Lipinski definition) is 3. The Hall–Kier alpha value is -2.45. The highest BCUT2D eigenvalue weighted by atomic mass is 35.5. The van der Waals surface area contributed by atoms with Gasteiger partial charge in [0.15, 0.2) is 0 Å². The van der Waals surface area contributed by atoms with Gasteiger partial charge in [-0.25, -0.2) is 15.0 Å². The van der Waals surface area contributed by atoms with Crippen LogP contribution < -0.4 is 10.2 Å². The number of rotatable bonds is 5. The first kappa shape index (κ1) is 19.5. The lowest BCUT2D eigenvalue weighted by atomic mass is 10.0. The Bertz CT molecular complexity index is 1100. The number of pyridine rings is 1. The zero-order valence-electron chi connectivity index (χ0n) is 16.8. The number of allylic oxidation sites excluding steroid dienone is 1. The minimum absolute atomic E-state index is 0.221. The maximum absolute atomic E-state index is 8.35. The Kier molecular flexibility index (Phi) is 4.78. The highest BCUT2D eigenvalue weighted by Crippen LogP contribution is 2.45. The van der Waals surface area contributed by atoms with Crippen molar-refractivity contribution in [2.75, 3.05) is 23.3 Å². The van der Waals surface area contributed by atoms with Gasteiger partial charge in [-0.1, -0.05) is 23.4 Å². The van der Waals surface area contributed by atoms with Gasteiger partial charge in [-0.2, -0.15) is 0 Å². The highest BCUT2D eigenvalue weighted by molar-refractivity contribution is 8.15. The molecule has 3 aliphatic rings. The third-order valence-electron chi connectivity index (χ3n) is 5.82. The van der Waals surface area contributed by atoms with Gasteiger partial charge in [0.2, 0.25) is 0 Å². The number of anilines is 2. The lowest BCUT2D eigenvalue weighted by Gasteiger charge is -2.41. The molecule has 0 amide bonds. The molecule has 0 atom stereocenters. The zero-order valence-corrected chi connectivity index (χ0v) is 18.4. The summed E-state index contributed by atoms with van der Waals surface area (Å²) in [5.41, 5.74) is 3.94. The fourth-order valence-corrected chi connectivity index (χ4v) is 5.11. The molecule has 30 heavy (non-hydrogen) atoms. The summed E-state index contributed by atoms with van der Waals surface area (Å²) in [4.78, 5) is 16.5. The average Bonchev–Trinajstić information content (AvgIpc) is 3.47. The second-order valence-corrected chi connectivity index (χ2v) is 9.48. The van der Waals surface area contributed by atoms with Crippen molar-refractivity contribution in [2.24, 2.45) is 0 Å². The topological polar surface area (TPSA) is 102 Å². The van der Waals surface area contributed by atoms with Crippen molar-refractivity contribution in [1.29, 1.82) is 10.8 Å². The van der Waals surface area contributed by atoms with Crippen LogP contribution in [-0.4, -0.2) is 44.8 Å². The maximum atomic E-state index is 8.35. The number of nitrogens with one attached hydrogen (secondary N) is 3. The molecule has 0 unspecified atom stereocenters. The molecule has 5 rings (SSSR count). The van der Waals surface area contributed by atoms with Crippen molar-refractivity contribution < 1.29 is 0 Å². The second-order valence-electron chi connectivity index (χ2n) is 8.05. The van der Waals surface area contributed by atoms with Crippen molar-refractivity contribution in [3.63, 3.8) is 0 Å². The van der Waals surface area contributed by atoms with E-state index < -0.39 is 0 Å². The molecule has 7 nitrogen and oxygen atoms in total. The molecule has 2 aliphatic heterocycles. The monoisotopic (exact) mass is 439 g/mol. The first-order chi connectivity index (χ1) is 14.4. The average molecular weight is 440 g/mol. The summed E-state index contributed by atoms with van der Waals surface area (Å²) in [5, 5.41) is 20.9. The number of nitrogens with zero attached hydrogens (tertiary/aromatic N) is 4. The van der Waals surface area contributed by atoms with Gasteiger partial charge in [-0.05, 0) is 49.8 Å². The molecule has 0 radical (unpaired) electrons. The van der Waals surface area contributed by atoms with Crippen LogP contribution in [0.3, 0.4) is 0 Å². The summed E-state index contributed by atoms with van der Waals surface area (Å²) in [6.45, 7) is 5.18. The fourth-order valence-electron chi connectivity index (χ4n) is 3.80. The minimum atomic E-state index is 0.221. The first-order valence-electron chi connectivity index (χ1n) is 9.98. The molecule has 0 spiro atoms. The highest BCUT2D eigenvalue weighted by Gasteiger charge is 2.34. The lowest BCUT2D eigenvalue weighted by molar-refractivity contribution is 0.542. The normalized spacial score (nSPS) is 20.1. The van der Waals surface area contributed by atoms with E-state index in [0.29, 0.717) is 16.7 Å². The largest absolute Gasteiger partial charge is 0.363 e. The third kappa shape index (κ3) is 3.37. The van der Waals surface area contributed by atoms with Crippen LogP contribution >= 0.6 is 23.4 Å². The van der Waals surface area contributed by atoms with E-state index in [2.05, 4.69) is 31.2 Å². The maximum Gasteiger partial charge on any atom is 0.147 e. The second kappa shape index (κ2) is 7.35. The van der Waals surface area contributed by atoms with Gasteiger partial charge in [0, 0.05) is 30.6 Å². The summed E-state index contributed by atoms with van der Waals surface area (Å²) < 4.78 is 0. The van der Waals surface area contributed by atoms with Crippen LogP contribution in [0.25, 0.3) is 5.57 Å². The van der Waals surface area contributed by atoms with Crippen LogP contribution in [0.2, 0.25) is 5.02 Å². The quantitative estimate of drug-likeness (QED) is 0.588. The zero-order chi connectivity index (χ0) is 21.0. The van der Waals surface area contributed by atoms with Gasteiger partial charge >= 0.3 is 0 Å². The van der Waals surface area contributed by atoms with Crippen LogP contribution in [0.4, 0.5) is 11.6 Å². The molecule has 1 saturated carbocycles. The van der Waals surface area contributed by atoms with Crippen LogP contribution in [-0.2, 0) is 0 Å². The van der Waals surface area contributed by atoms with Gasteiger partial charge in [-0.3, -0.25) is 5.41 Å². The molecular weight excluding hydrogens is 418 g/mol. The van der Waals surface area contributed by atoms with Crippen molar-refractivity contribution in [2.45, 2.75) is 43.5 Å². The van der Waals surface area contributed by atoms with Gasteiger partial charge in [0.05, 0.1) is 21.7 Å². The van der Waals surface area contributed by atoms with Crippen LogP contribution in [0.5, 0.6) is 0 Å². The van der Waals surface area contributed by atoms with E-state index in [1.807, 2.05) is 13.1 Å². The third-order valence-corrected chi connectivity index (χ3v) is 7.10. The van der Waals surface area contributed by atoms with E-state index in [-0.39, 0.29) is 6.04 Å². The first-order valence-corrected chi connectivity index (χ1v) is 11.2. The molecule has 154 valence electrons. The molecule has 2 fully saturated rings. The summed E-state index contributed by atoms with van der Waals surface area (Å²) in [5.74, 6) is 2.23. The van der Waals surface area contributed by atoms with Crippen molar-refractivity contribution in [1.82, 2.24) is 15.0 Å². The Morgan fingerprint density at radius 1 is 1.23 bits per heavy atom. The number of fused-ring (bicyclic) bond motifs is 1. The summed E-state index contributed by atoms with van der Waals surface area (Å²) in [7, 11) is 0. The fraction of sp³-hybridized carbons (Fsp3) is 0.381. The molecule has 2 aromatic heterocycles. The number of halogens is 1. The van der Waals surface area contributed by atoms with Gasteiger partial charge in [0.1, 0.15) is 23.0 Å². The van der Waals surface area contributed by atoms with E-state index in [1.54, 1.807) is 6.92 Å². The summed E-state index contributed by atoms with van der Waals surface area (Å²) in [6.07, 6.45) is 5.96. The Labute approximate surface area is 184 Å². The van der Waals surface area contributed by atoms with E-state index in [1.165, 1.54) is 36.5 Å². The van der Waals surface area contributed by atoms with Crippen molar-refractivity contribution in [3.8, 4) is 0 Å². The van der Waals surface area contributed by atoms with Crippen molar-refractivity contribution in [3.05, 3.63) is 40.4 Å². The lowest BCUT2D eigenvalue weighted by Crippen LogP contribution is -2.55. The van der Waals surface area contributed by atoms with Crippen LogP contribution in [0, 0.1) is 10.8 Å². The summed E-state index contributed by atoms with van der Waals surface area (Å²) in [6, 6.07) is 2.28. The molecule has 3 N–H and O–H groups in total. The number of aromatic nitrogens is 3. The predicted octanol–water partition coefficient (Wildman–Crippen LogP) is 4.60. The molecule has 1 saturated heterocycles. The standard InChI is InChI=1S/C21H22ClN7S/c1-10(11(2)23)16-17-18(30-19(16)24)20(27-9-26-17)28-14-7-29(8-14)21-15(22)5-13(6-25-21)12-3-4-12/h5-6,9,12,14,23-24H,3-4,7-8H2,1-2H3,(H,26,27,28)/b16-10-,23-11?,24-19?. The summed E-state index contributed by atoms with van der Waals surface area (Å²) >= 11 is 7.84. The number of thioether (sulfide) groups is 1. The smallest absolute Gasteiger partial charge is 0.147 e. The minimum Gasteiger partial charge on any atom is -0.363 e. The van der Waals surface area contributed by atoms with Gasteiger partial charge in [0.25, 0.3) is 0 Å². The van der Waals surface area contributed by atoms with Gasteiger partial charge < -0.3 is 15.6 Å². The Morgan fingerprint density at radius 3 is 2.67 bits per heavy atom. The predicted molar refractivity (Wildman–Crippen MR) is 122 cm³/mol. The van der Waals surface area contributed by atoms with E-state index in [4.69, 9.17) is 22.4 Å². The SMILES string of the molecule is CC(=N)/C(C)=C1\C(=N)Sc2c(NC3CN(c4ncc(C5CC5)cc4Cl)C3)ncnc21. The molecule has 0 bridgehead atoms. The van der Waals surface area contributed by atoms with Crippen LogP contribution in [0.15, 0.2) is 29.1 Å². The Balaban J connectivity index is 1.31.